The first-order valence-corrected chi connectivity index (χ1v) is 12.2. The minimum Gasteiger partial charge on any atom is -0.496 e. The number of ether oxygens (including phenoxy) is 2. The summed E-state index contributed by atoms with van der Waals surface area (Å²) in [4.78, 5) is 27.7. The van der Waals surface area contributed by atoms with Gasteiger partial charge in [0, 0.05) is 6.04 Å². The minimum atomic E-state index is -0.372. The molecule has 1 heterocycles. The molecule has 0 spiro atoms. The summed E-state index contributed by atoms with van der Waals surface area (Å²) in [6.45, 7) is 1.88. The molecular formula is C28H27BrN2O4. The molecule has 35 heavy (non-hydrogen) atoms. The molecule has 0 fully saturated rings. The zero-order valence-corrected chi connectivity index (χ0v) is 21.2. The van der Waals surface area contributed by atoms with Crippen LogP contribution in [0.2, 0.25) is 0 Å². The topological polar surface area (TPSA) is 67.9 Å². The van der Waals surface area contributed by atoms with Gasteiger partial charge in [0.05, 0.1) is 17.3 Å². The van der Waals surface area contributed by atoms with Crippen molar-refractivity contribution in [3.63, 3.8) is 0 Å². The molecule has 3 aromatic rings. The molecule has 6 nitrogen and oxygen atoms in total. The number of amides is 2. The lowest BCUT2D eigenvalue weighted by atomic mass is 10.1. The molecule has 7 heteroatoms. The maximum absolute atomic E-state index is 13.3. The summed E-state index contributed by atoms with van der Waals surface area (Å²) >= 11 is 3.46. The Labute approximate surface area is 213 Å². The van der Waals surface area contributed by atoms with Gasteiger partial charge in [-0.25, -0.2) is 0 Å². The quantitative estimate of drug-likeness (QED) is 0.395. The Bertz CT molecular complexity index is 1240. The molecule has 0 aliphatic carbocycles. The Morgan fingerprint density at radius 2 is 1.86 bits per heavy atom. The molecule has 0 radical (unpaired) electrons. The molecule has 4 rings (SSSR count). The van der Waals surface area contributed by atoms with Gasteiger partial charge in [-0.1, -0.05) is 48.5 Å². The van der Waals surface area contributed by atoms with Gasteiger partial charge in [-0.05, 0) is 77.2 Å². The first-order valence-electron chi connectivity index (χ1n) is 11.4. The van der Waals surface area contributed by atoms with Gasteiger partial charge in [0.25, 0.3) is 5.91 Å². The number of carbonyl (C=O) groups is 2. The monoisotopic (exact) mass is 534 g/mol. The van der Waals surface area contributed by atoms with Gasteiger partial charge in [0.1, 0.15) is 12.3 Å². The van der Waals surface area contributed by atoms with E-state index < -0.39 is 0 Å². The maximum Gasteiger partial charge on any atom is 0.294 e. The Balaban J connectivity index is 1.48. The standard InChI is InChI=1S/C28H27BrN2O4/c1-19(12-13-20-8-4-3-5-9-20)30-27(32)18-31-23-10-6-7-11-25(23)35-26(28(31)33)17-21-14-15-24(34-2)22(29)16-21/h3-11,14-17,19H,12-13,18H2,1-2H3,(H,30,32)/b26-17-/t19-/m1/s1. The number of carbonyl (C=O) groups excluding carboxylic acids is 2. The number of nitrogens with zero attached hydrogens (tertiary/aromatic N) is 1. The fraction of sp³-hybridized carbons (Fsp3) is 0.214. The van der Waals surface area contributed by atoms with E-state index in [9.17, 15) is 9.59 Å². The van der Waals surface area contributed by atoms with Crippen LogP contribution in [0.5, 0.6) is 11.5 Å². The lowest BCUT2D eigenvalue weighted by molar-refractivity contribution is -0.123. The third-order valence-corrected chi connectivity index (χ3v) is 6.34. The highest BCUT2D eigenvalue weighted by Gasteiger charge is 2.31. The zero-order valence-electron chi connectivity index (χ0n) is 19.7. The van der Waals surface area contributed by atoms with E-state index in [0.717, 1.165) is 22.9 Å². The molecule has 1 aliphatic rings. The number of rotatable bonds is 8. The van der Waals surface area contributed by atoms with Crippen molar-refractivity contribution in [3.05, 3.63) is 94.2 Å². The van der Waals surface area contributed by atoms with E-state index in [-0.39, 0.29) is 30.2 Å². The molecule has 180 valence electrons. The highest BCUT2D eigenvalue weighted by atomic mass is 79.9. The van der Waals surface area contributed by atoms with E-state index in [1.807, 2.05) is 49.4 Å². The molecule has 0 saturated carbocycles. The van der Waals surface area contributed by atoms with Crippen LogP contribution in [0, 0.1) is 0 Å². The normalized spacial score (nSPS) is 14.8. The van der Waals surface area contributed by atoms with Crippen LogP contribution in [0.15, 0.2) is 83.0 Å². The fourth-order valence-corrected chi connectivity index (χ4v) is 4.47. The van der Waals surface area contributed by atoms with E-state index in [1.165, 1.54) is 10.5 Å². The second kappa shape index (κ2) is 11.2. The predicted molar refractivity (Wildman–Crippen MR) is 140 cm³/mol. The smallest absolute Gasteiger partial charge is 0.294 e. The van der Waals surface area contributed by atoms with Crippen molar-refractivity contribution in [2.75, 3.05) is 18.6 Å². The number of aryl methyl sites for hydroxylation is 1. The Hall–Kier alpha value is -3.58. The molecule has 1 N–H and O–H groups in total. The summed E-state index contributed by atoms with van der Waals surface area (Å²) in [6, 6.07) is 22.8. The number of para-hydroxylation sites is 2. The average molecular weight is 535 g/mol. The van der Waals surface area contributed by atoms with Gasteiger partial charge in [0.2, 0.25) is 5.91 Å². The van der Waals surface area contributed by atoms with Crippen molar-refractivity contribution in [1.82, 2.24) is 5.32 Å². The lowest BCUT2D eigenvalue weighted by Gasteiger charge is -2.30. The van der Waals surface area contributed by atoms with Crippen LogP contribution in [-0.4, -0.2) is 31.5 Å². The van der Waals surface area contributed by atoms with E-state index in [1.54, 1.807) is 31.4 Å². The van der Waals surface area contributed by atoms with E-state index in [2.05, 4.69) is 33.4 Å². The van der Waals surface area contributed by atoms with Gasteiger partial charge < -0.3 is 14.8 Å². The number of hydrogen-bond donors (Lipinski definition) is 1. The first-order chi connectivity index (χ1) is 16.9. The summed E-state index contributed by atoms with van der Waals surface area (Å²) in [6.07, 6.45) is 3.34. The van der Waals surface area contributed by atoms with Gasteiger partial charge in [-0.15, -0.1) is 0 Å². The molecule has 0 unspecified atom stereocenters. The molecule has 3 aromatic carbocycles. The highest BCUT2D eigenvalue weighted by Crippen LogP contribution is 2.36. The van der Waals surface area contributed by atoms with Crippen LogP contribution in [0.25, 0.3) is 6.08 Å². The Morgan fingerprint density at radius 1 is 1.11 bits per heavy atom. The van der Waals surface area contributed by atoms with E-state index in [4.69, 9.17) is 9.47 Å². The fourth-order valence-electron chi connectivity index (χ4n) is 3.91. The second-order valence-electron chi connectivity index (χ2n) is 8.36. The van der Waals surface area contributed by atoms with Gasteiger partial charge in [0.15, 0.2) is 11.5 Å². The van der Waals surface area contributed by atoms with Crippen LogP contribution in [0.1, 0.15) is 24.5 Å². The lowest BCUT2D eigenvalue weighted by Crippen LogP contribution is -2.46. The number of anilines is 1. The second-order valence-corrected chi connectivity index (χ2v) is 9.21. The summed E-state index contributed by atoms with van der Waals surface area (Å²) in [5.74, 6) is 0.763. The zero-order chi connectivity index (χ0) is 24.8. The number of methoxy groups -OCH3 is 1. The summed E-state index contributed by atoms with van der Waals surface area (Å²) in [5.41, 5.74) is 2.56. The van der Waals surface area contributed by atoms with Crippen molar-refractivity contribution >= 4 is 39.5 Å². The number of halogens is 1. The highest BCUT2D eigenvalue weighted by molar-refractivity contribution is 9.10. The van der Waals surface area contributed by atoms with Crippen molar-refractivity contribution in [1.29, 1.82) is 0 Å². The number of nitrogens with one attached hydrogen (secondary N) is 1. The van der Waals surface area contributed by atoms with E-state index >= 15 is 0 Å². The Kier molecular flexibility index (Phi) is 7.87. The molecule has 0 saturated heterocycles. The maximum atomic E-state index is 13.3. The summed E-state index contributed by atoms with van der Waals surface area (Å²) in [5, 5.41) is 3.02. The number of hydrogen-bond acceptors (Lipinski definition) is 4. The predicted octanol–water partition coefficient (Wildman–Crippen LogP) is 5.36. The van der Waals surface area contributed by atoms with Gasteiger partial charge in [-0.3, -0.25) is 14.5 Å². The number of benzene rings is 3. The largest absolute Gasteiger partial charge is 0.496 e. The van der Waals surface area contributed by atoms with Crippen LogP contribution in [0.3, 0.4) is 0 Å². The van der Waals surface area contributed by atoms with Crippen molar-refractivity contribution in [3.8, 4) is 11.5 Å². The van der Waals surface area contributed by atoms with Crippen molar-refractivity contribution < 1.29 is 19.1 Å². The number of fused-ring (bicyclic) bond motifs is 1. The SMILES string of the molecule is COc1ccc(/C=C2\Oc3ccccc3N(CC(=O)N[C@H](C)CCc3ccccc3)C2=O)cc1Br. The molecule has 0 aromatic heterocycles. The van der Waals surface area contributed by atoms with Gasteiger partial charge >= 0.3 is 0 Å². The average Bonchev–Trinajstić information content (AvgIpc) is 2.86. The summed E-state index contributed by atoms with van der Waals surface area (Å²) < 4.78 is 12.0. The van der Waals surface area contributed by atoms with Crippen LogP contribution in [-0.2, 0) is 16.0 Å². The molecule has 0 bridgehead atoms. The minimum absolute atomic E-state index is 0.0271. The molecule has 2 amide bonds. The van der Waals surface area contributed by atoms with Crippen LogP contribution in [0.4, 0.5) is 5.69 Å². The molecule has 1 aliphatic heterocycles. The van der Waals surface area contributed by atoms with Gasteiger partial charge in [-0.2, -0.15) is 0 Å². The summed E-state index contributed by atoms with van der Waals surface area (Å²) in [7, 11) is 1.59. The van der Waals surface area contributed by atoms with E-state index in [0.29, 0.717) is 17.2 Å². The molecular weight excluding hydrogens is 508 g/mol. The first kappa shape index (κ1) is 24.5. The molecule has 1 atom stereocenters. The van der Waals surface area contributed by atoms with Crippen LogP contribution >= 0.6 is 15.9 Å². The van der Waals surface area contributed by atoms with Crippen molar-refractivity contribution in [2.45, 2.75) is 25.8 Å². The third-order valence-electron chi connectivity index (χ3n) is 5.72. The third kappa shape index (κ3) is 6.11. The van der Waals surface area contributed by atoms with Crippen molar-refractivity contribution in [2.24, 2.45) is 0 Å². The van der Waals surface area contributed by atoms with Crippen LogP contribution < -0.4 is 19.7 Å². The Morgan fingerprint density at radius 3 is 2.60 bits per heavy atom.